The van der Waals surface area contributed by atoms with Crippen LogP contribution < -0.4 is 10.1 Å². The van der Waals surface area contributed by atoms with E-state index in [1.54, 1.807) is 12.4 Å². The number of ether oxygens (including phenoxy) is 1. The molecule has 1 N–H and O–H groups in total. The molecule has 1 amide bonds. The van der Waals surface area contributed by atoms with Gasteiger partial charge < -0.3 is 14.6 Å². The first-order valence-corrected chi connectivity index (χ1v) is 12.6. The molecule has 5 heteroatoms. The monoisotopic (exact) mass is 455 g/mol. The van der Waals surface area contributed by atoms with E-state index in [4.69, 9.17) is 4.74 Å². The third-order valence-electron chi connectivity index (χ3n) is 8.21. The average molecular weight is 456 g/mol. The van der Waals surface area contributed by atoms with E-state index in [1.165, 1.54) is 38.5 Å². The van der Waals surface area contributed by atoms with Crippen LogP contribution in [0.2, 0.25) is 0 Å². The van der Waals surface area contributed by atoms with Crippen molar-refractivity contribution in [2.75, 3.05) is 0 Å². The maximum Gasteiger partial charge on any atom is 0.224 e. The quantitative estimate of drug-likeness (QED) is 0.461. The van der Waals surface area contributed by atoms with Gasteiger partial charge in [-0.3, -0.25) is 9.78 Å². The number of hydrogen-bond donors (Lipinski definition) is 1. The molecule has 4 fully saturated rings. The largest absolute Gasteiger partial charge is 0.489 e. The second kappa shape index (κ2) is 8.61. The van der Waals surface area contributed by atoms with E-state index in [2.05, 4.69) is 39.8 Å². The van der Waals surface area contributed by atoms with Crippen LogP contribution in [-0.4, -0.2) is 21.0 Å². The van der Waals surface area contributed by atoms with Crippen molar-refractivity contribution in [2.24, 2.45) is 17.8 Å². The maximum atomic E-state index is 13.3. The van der Waals surface area contributed by atoms with E-state index in [9.17, 15) is 4.79 Å². The molecule has 2 aromatic heterocycles. The van der Waals surface area contributed by atoms with Crippen molar-refractivity contribution in [3.05, 3.63) is 72.7 Å². The molecule has 0 unspecified atom stereocenters. The Labute approximate surface area is 201 Å². The Morgan fingerprint density at radius 2 is 1.82 bits per heavy atom. The van der Waals surface area contributed by atoms with Crippen LogP contribution in [0.4, 0.5) is 0 Å². The number of pyridine rings is 1. The van der Waals surface area contributed by atoms with Crippen LogP contribution in [0, 0.1) is 17.8 Å². The van der Waals surface area contributed by atoms with Gasteiger partial charge in [0.25, 0.3) is 0 Å². The lowest BCUT2D eigenvalue weighted by Gasteiger charge is -2.56. The highest BCUT2D eigenvalue weighted by Gasteiger charge is 2.51. The minimum absolute atomic E-state index is 0.0458. The first-order valence-electron chi connectivity index (χ1n) is 12.6. The minimum Gasteiger partial charge on any atom is -0.489 e. The summed E-state index contributed by atoms with van der Waals surface area (Å²) in [7, 11) is 0. The Bertz CT molecular complexity index is 1180. The number of carbonyl (C=O) groups is 1. The van der Waals surface area contributed by atoms with Crippen LogP contribution >= 0.6 is 0 Å². The second-order valence-corrected chi connectivity index (χ2v) is 10.8. The van der Waals surface area contributed by atoms with Crippen LogP contribution in [0.5, 0.6) is 5.75 Å². The Kier molecular flexibility index (Phi) is 5.43. The minimum atomic E-state index is 0.0458. The van der Waals surface area contributed by atoms with Gasteiger partial charge in [0, 0.05) is 41.6 Å². The predicted molar refractivity (Wildman–Crippen MR) is 133 cm³/mol. The van der Waals surface area contributed by atoms with Gasteiger partial charge in [0.05, 0.1) is 6.42 Å². The topological polar surface area (TPSA) is 56.2 Å². The summed E-state index contributed by atoms with van der Waals surface area (Å²) < 4.78 is 8.23. The molecule has 4 aliphatic rings. The van der Waals surface area contributed by atoms with E-state index in [0.717, 1.165) is 45.5 Å². The lowest BCUT2D eigenvalue weighted by Crippen LogP contribution is -2.60. The lowest BCUT2D eigenvalue weighted by atomic mass is 9.53. The van der Waals surface area contributed by atoms with Gasteiger partial charge in [-0.1, -0.05) is 6.08 Å². The van der Waals surface area contributed by atoms with Crippen LogP contribution in [0.3, 0.4) is 0 Å². The first kappa shape index (κ1) is 21.5. The molecular weight excluding hydrogens is 422 g/mol. The number of fused-ring (bicyclic) bond motifs is 1. The van der Waals surface area contributed by atoms with Gasteiger partial charge in [-0.25, -0.2) is 0 Å². The number of allylic oxidation sites excluding steroid dienone is 1. The molecule has 4 bridgehead atoms. The van der Waals surface area contributed by atoms with Crippen LogP contribution in [0.15, 0.2) is 61.6 Å². The number of nitrogens with one attached hydrogen (secondary N) is 1. The highest BCUT2D eigenvalue weighted by atomic mass is 16.5. The first-order chi connectivity index (χ1) is 16.6. The molecule has 0 radical (unpaired) electrons. The van der Waals surface area contributed by atoms with Crippen LogP contribution in [0.1, 0.15) is 49.7 Å². The third-order valence-corrected chi connectivity index (χ3v) is 8.21. The molecule has 4 saturated carbocycles. The fraction of sp³-hybridized carbons (Fsp3) is 0.448. The summed E-state index contributed by atoms with van der Waals surface area (Å²) in [6, 6.07) is 10.1. The Balaban J connectivity index is 1.22. The Morgan fingerprint density at radius 3 is 2.50 bits per heavy atom. The van der Waals surface area contributed by atoms with Gasteiger partial charge in [-0.05, 0) is 97.7 Å². The number of aromatic nitrogens is 2. The fourth-order valence-electron chi connectivity index (χ4n) is 7.29. The van der Waals surface area contributed by atoms with Crippen molar-refractivity contribution in [3.8, 4) is 5.75 Å². The molecule has 176 valence electrons. The van der Waals surface area contributed by atoms with Crippen molar-refractivity contribution < 1.29 is 9.53 Å². The number of hydrogen-bond acceptors (Lipinski definition) is 3. The lowest BCUT2D eigenvalue weighted by molar-refractivity contribution is -0.126. The van der Waals surface area contributed by atoms with Crippen LogP contribution in [-0.2, 0) is 24.4 Å². The smallest absolute Gasteiger partial charge is 0.224 e. The molecule has 1 aromatic carbocycles. The SMILES string of the molecule is C=CCn1cc(CC(=O)NC23CC4CC(CC(C4)C2)C3)c2cc(OCc3ccncc3)ccc21. The van der Waals surface area contributed by atoms with Crippen molar-refractivity contribution in [3.63, 3.8) is 0 Å². The summed E-state index contributed by atoms with van der Waals surface area (Å²) in [4.78, 5) is 17.4. The van der Waals surface area contributed by atoms with Crippen molar-refractivity contribution in [1.82, 2.24) is 14.9 Å². The molecule has 0 aliphatic heterocycles. The molecule has 0 atom stereocenters. The Morgan fingerprint density at radius 1 is 1.12 bits per heavy atom. The zero-order valence-corrected chi connectivity index (χ0v) is 19.7. The van der Waals surface area contributed by atoms with E-state index in [1.807, 2.05) is 24.3 Å². The van der Waals surface area contributed by atoms with Gasteiger partial charge in [0.15, 0.2) is 0 Å². The molecule has 0 spiro atoms. The summed E-state index contributed by atoms with van der Waals surface area (Å²) >= 11 is 0. The molecule has 2 heterocycles. The van der Waals surface area contributed by atoms with E-state index >= 15 is 0 Å². The summed E-state index contributed by atoms with van der Waals surface area (Å²) in [5.74, 6) is 3.43. The highest BCUT2D eigenvalue weighted by Crippen LogP contribution is 2.55. The molecule has 3 aromatic rings. The van der Waals surface area contributed by atoms with Gasteiger partial charge in [-0.2, -0.15) is 0 Å². The van der Waals surface area contributed by atoms with Crippen molar-refractivity contribution in [1.29, 1.82) is 0 Å². The van der Waals surface area contributed by atoms with E-state index < -0.39 is 0 Å². The molecule has 7 rings (SSSR count). The standard InChI is InChI=1S/C29H33N3O2/c1-2-9-32-18-24(13-28(33)31-29-15-21-10-22(16-29)12-23(11-21)17-29)26-14-25(3-4-27(26)32)34-19-20-5-7-30-8-6-20/h2-8,14,18,21-23H,1,9-13,15-17,19H2,(H,31,33). The second-order valence-electron chi connectivity index (χ2n) is 10.8. The van der Waals surface area contributed by atoms with Crippen molar-refractivity contribution >= 4 is 16.8 Å². The average Bonchev–Trinajstić information content (AvgIpc) is 3.13. The normalized spacial score (nSPS) is 27.1. The summed E-state index contributed by atoms with van der Waals surface area (Å²) in [5.41, 5.74) is 3.28. The van der Waals surface area contributed by atoms with Gasteiger partial charge in [-0.15, -0.1) is 6.58 Å². The fourth-order valence-corrected chi connectivity index (χ4v) is 7.29. The summed E-state index contributed by atoms with van der Waals surface area (Å²) in [6.07, 6.45) is 15.6. The molecular formula is C29H33N3O2. The number of amides is 1. The molecule has 4 aliphatic carbocycles. The number of rotatable bonds is 8. The molecule has 5 nitrogen and oxygen atoms in total. The third kappa shape index (κ3) is 4.13. The van der Waals surface area contributed by atoms with Crippen molar-refractivity contribution in [2.45, 2.75) is 63.6 Å². The van der Waals surface area contributed by atoms with Gasteiger partial charge in [0.2, 0.25) is 5.91 Å². The Hall–Kier alpha value is -3.08. The van der Waals surface area contributed by atoms with E-state index in [-0.39, 0.29) is 11.4 Å². The number of nitrogens with zero attached hydrogens (tertiary/aromatic N) is 2. The highest BCUT2D eigenvalue weighted by molar-refractivity contribution is 5.90. The predicted octanol–water partition coefficient (Wildman–Crippen LogP) is 5.43. The molecule has 0 saturated heterocycles. The zero-order chi connectivity index (χ0) is 23.1. The zero-order valence-electron chi connectivity index (χ0n) is 19.7. The maximum absolute atomic E-state index is 13.3. The van der Waals surface area contributed by atoms with E-state index in [0.29, 0.717) is 19.6 Å². The van der Waals surface area contributed by atoms with Gasteiger partial charge in [0.1, 0.15) is 12.4 Å². The summed E-state index contributed by atoms with van der Waals surface area (Å²) in [6.45, 7) is 5.11. The molecule has 34 heavy (non-hydrogen) atoms. The number of benzene rings is 1. The summed E-state index contributed by atoms with van der Waals surface area (Å²) in [5, 5.41) is 4.61. The van der Waals surface area contributed by atoms with Gasteiger partial charge >= 0.3 is 0 Å². The number of carbonyl (C=O) groups excluding carboxylic acids is 1. The van der Waals surface area contributed by atoms with Crippen LogP contribution in [0.25, 0.3) is 10.9 Å².